The fourth-order valence-electron chi connectivity index (χ4n) is 5.41. The average molecular weight is 547 g/mol. The highest BCUT2D eigenvalue weighted by Crippen LogP contribution is 2.24. The Morgan fingerprint density at radius 3 is 2.03 bits per heavy atom. The predicted molar refractivity (Wildman–Crippen MR) is 156 cm³/mol. The Morgan fingerprint density at radius 1 is 0.744 bits per heavy atom. The molecule has 0 spiro atoms. The van der Waals surface area contributed by atoms with Gasteiger partial charge in [-0.3, -0.25) is 9.69 Å². The van der Waals surface area contributed by atoms with Gasteiger partial charge in [-0.15, -0.1) is 0 Å². The van der Waals surface area contributed by atoms with Gasteiger partial charge in [0.25, 0.3) is 5.91 Å². The minimum atomic E-state index is -3.46. The number of amides is 1. The Morgan fingerprint density at radius 2 is 1.38 bits per heavy atom. The normalized spacial score (nSPS) is 17.4. The summed E-state index contributed by atoms with van der Waals surface area (Å²) in [5.41, 5.74) is 6.75. The molecule has 0 bridgehead atoms. The van der Waals surface area contributed by atoms with Crippen LogP contribution in [-0.2, 0) is 16.6 Å². The molecule has 2 aliphatic rings. The van der Waals surface area contributed by atoms with E-state index in [2.05, 4.69) is 41.8 Å². The van der Waals surface area contributed by atoms with E-state index in [4.69, 9.17) is 0 Å². The number of anilines is 1. The summed E-state index contributed by atoms with van der Waals surface area (Å²) in [6.07, 6.45) is 0. The molecule has 5 rings (SSSR count). The van der Waals surface area contributed by atoms with Crippen LogP contribution in [0.15, 0.2) is 71.6 Å². The maximum Gasteiger partial charge on any atom is 0.253 e. The van der Waals surface area contributed by atoms with Gasteiger partial charge in [0.15, 0.2) is 0 Å². The molecule has 8 heteroatoms. The number of benzene rings is 3. The van der Waals surface area contributed by atoms with E-state index in [0.29, 0.717) is 49.7 Å². The topological polar surface area (TPSA) is 64.2 Å². The summed E-state index contributed by atoms with van der Waals surface area (Å²) in [6.45, 7) is 12.4. The first-order chi connectivity index (χ1) is 18.7. The van der Waals surface area contributed by atoms with Gasteiger partial charge in [-0.25, -0.2) is 8.42 Å². The van der Waals surface area contributed by atoms with E-state index in [9.17, 15) is 13.2 Å². The van der Waals surface area contributed by atoms with Gasteiger partial charge in [-0.2, -0.15) is 4.31 Å². The number of aryl methyl sites for hydroxylation is 2. The van der Waals surface area contributed by atoms with Gasteiger partial charge in [0.05, 0.1) is 4.90 Å². The first-order valence-electron chi connectivity index (χ1n) is 13.7. The summed E-state index contributed by atoms with van der Waals surface area (Å²) >= 11 is 0. The van der Waals surface area contributed by atoms with Crippen molar-refractivity contribution in [2.24, 2.45) is 0 Å². The van der Waals surface area contributed by atoms with Crippen LogP contribution in [0.4, 0.5) is 5.69 Å². The number of sulfonamides is 1. The van der Waals surface area contributed by atoms with Crippen LogP contribution < -0.4 is 4.90 Å². The maximum atomic E-state index is 13.2. The van der Waals surface area contributed by atoms with E-state index >= 15 is 0 Å². The molecule has 7 nitrogen and oxygen atoms in total. The predicted octanol–water partition coefficient (Wildman–Crippen LogP) is 4.08. The molecule has 0 aliphatic carbocycles. The SMILES string of the molecule is Cc1ccc(S(=O)(=O)N2CCN(Cc3ccc(C(=O)N4CCN(c5cccc(C)c5C)CC4)cc3)CC2)cc1. The number of hydrogen-bond donors (Lipinski definition) is 0. The molecule has 2 aliphatic heterocycles. The van der Waals surface area contributed by atoms with E-state index in [1.165, 1.54) is 16.8 Å². The van der Waals surface area contributed by atoms with Crippen molar-refractivity contribution in [1.29, 1.82) is 0 Å². The van der Waals surface area contributed by atoms with E-state index in [1.54, 1.807) is 16.4 Å². The van der Waals surface area contributed by atoms with Crippen molar-refractivity contribution >= 4 is 21.6 Å². The molecule has 0 atom stereocenters. The van der Waals surface area contributed by atoms with Gasteiger partial charge in [-0.05, 0) is 67.8 Å². The summed E-state index contributed by atoms with van der Waals surface area (Å²) in [5.74, 6) is 0.0806. The van der Waals surface area contributed by atoms with Crippen molar-refractivity contribution in [3.63, 3.8) is 0 Å². The zero-order chi connectivity index (χ0) is 27.6. The zero-order valence-electron chi connectivity index (χ0n) is 23.1. The minimum Gasteiger partial charge on any atom is -0.368 e. The van der Waals surface area contributed by atoms with Crippen LogP contribution >= 0.6 is 0 Å². The van der Waals surface area contributed by atoms with E-state index < -0.39 is 10.0 Å². The third kappa shape index (κ3) is 6.03. The van der Waals surface area contributed by atoms with Gasteiger partial charge in [0.1, 0.15) is 0 Å². The number of carbonyl (C=O) groups is 1. The second-order valence-corrected chi connectivity index (χ2v) is 12.6. The second-order valence-electron chi connectivity index (χ2n) is 10.7. The van der Waals surface area contributed by atoms with Crippen LogP contribution in [0, 0.1) is 20.8 Å². The number of rotatable bonds is 6. The molecule has 0 aromatic heterocycles. The Kier molecular flexibility index (Phi) is 8.07. The smallest absolute Gasteiger partial charge is 0.253 e. The summed E-state index contributed by atoms with van der Waals surface area (Å²) < 4.78 is 27.5. The number of nitrogens with zero attached hydrogens (tertiary/aromatic N) is 4. The van der Waals surface area contributed by atoms with Gasteiger partial charge in [0, 0.05) is 70.2 Å². The van der Waals surface area contributed by atoms with E-state index in [0.717, 1.165) is 30.8 Å². The highest BCUT2D eigenvalue weighted by Gasteiger charge is 2.28. The van der Waals surface area contributed by atoms with E-state index in [1.807, 2.05) is 48.2 Å². The van der Waals surface area contributed by atoms with Crippen molar-refractivity contribution in [2.75, 3.05) is 57.3 Å². The highest BCUT2D eigenvalue weighted by molar-refractivity contribution is 7.89. The fraction of sp³-hybridized carbons (Fsp3) is 0.387. The van der Waals surface area contributed by atoms with Gasteiger partial charge >= 0.3 is 0 Å². The lowest BCUT2D eigenvalue weighted by Gasteiger charge is -2.37. The Balaban J connectivity index is 1.12. The largest absolute Gasteiger partial charge is 0.368 e. The Bertz CT molecular complexity index is 1410. The summed E-state index contributed by atoms with van der Waals surface area (Å²) in [5, 5.41) is 0. The summed E-state index contributed by atoms with van der Waals surface area (Å²) in [4.78, 5) is 20.1. The van der Waals surface area contributed by atoms with Gasteiger partial charge < -0.3 is 9.80 Å². The Hall–Kier alpha value is -3.20. The van der Waals surface area contributed by atoms with Crippen LogP contribution in [0.5, 0.6) is 0 Å². The first kappa shape index (κ1) is 27.4. The Labute approximate surface area is 232 Å². The summed E-state index contributed by atoms with van der Waals surface area (Å²) in [7, 11) is -3.46. The lowest BCUT2D eigenvalue weighted by molar-refractivity contribution is 0.0746. The molecule has 1 amide bonds. The molecular formula is C31H38N4O3S. The molecule has 206 valence electrons. The van der Waals surface area contributed by atoms with Crippen LogP contribution in [0.2, 0.25) is 0 Å². The number of piperazine rings is 2. The highest BCUT2D eigenvalue weighted by atomic mass is 32.2. The standard InChI is InChI=1S/C31H38N4O3S/c1-24-7-13-29(14-8-24)39(37,38)35-21-15-32(16-22-35)23-27-9-11-28(12-10-27)31(36)34-19-17-33(18-20-34)30-6-4-5-25(2)26(30)3/h4-14H,15-23H2,1-3H3. The molecule has 2 saturated heterocycles. The fourth-order valence-corrected chi connectivity index (χ4v) is 6.83. The molecule has 2 heterocycles. The third-order valence-electron chi connectivity index (χ3n) is 8.08. The van der Waals surface area contributed by atoms with Crippen molar-refractivity contribution in [3.05, 3.63) is 94.5 Å². The monoisotopic (exact) mass is 546 g/mol. The number of carbonyl (C=O) groups excluding carboxylic acids is 1. The lowest BCUT2D eigenvalue weighted by Crippen LogP contribution is -2.49. The quantitative estimate of drug-likeness (QED) is 0.466. The van der Waals surface area contributed by atoms with Gasteiger partial charge in [0.2, 0.25) is 10.0 Å². The third-order valence-corrected chi connectivity index (χ3v) is 9.99. The van der Waals surface area contributed by atoms with E-state index in [-0.39, 0.29) is 5.91 Å². The van der Waals surface area contributed by atoms with Crippen molar-refractivity contribution < 1.29 is 13.2 Å². The molecule has 2 fully saturated rings. The van der Waals surface area contributed by atoms with Crippen LogP contribution in [0.25, 0.3) is 0 Å². The van der Waals surface area contributed by atoms with Crippen LogP contribution in [-0.4, -0.2) is 80.8 Å². The molecule has 0 N–H and O–H groups in total. The first-order valence-corrected chi connectivity index (χ1v) is 15.1. The summed E-state index contributed by atoms with van der Waals surface area (Å²) in [6, 6.07) is 21.3. The van der Waals surface area contributed by atoms with Gasteiger partial charge in [-0.1, -0.05) is 42.0 Å². The second kappa shape index (κ2) is 11.5. The van der Waals surface area contributed by atoms with Crippen molar-refractivity contribution in [2.45, 2.75) is 32.2 Å². The number of hydrogen-bond acceptors (Lipinski definition) is 5. The van der Waals surface area contributed by atoms with Crippen molar-refractivity contribution in [1.82, 2.24) is 14.1 Å². The van der Waals surface area contributed by atoms with Crippen LogP contribution in [0.3, 0.4) is 0 Å². The molecule has 39 heavy (non-hydrogen) atoms. The molecular weight excluding hydrogens is 508 g/mol. The molecule has 0 saturated carbocycles. The van der Waals surface area contributed by atoms with Crippen LogP contribution in [0.1, 0.15) is 32.6 Å². The minimum absolute atomic E-state index is 0.0806. The average Bonchev–Trinajstić information content (AvgIpc) is 2.95. The lowest BCUT2D eigenvalue weighted by atomic mass is 10.1. The molecule has 0 radical (unpaired) electrons. The molecule has 3 aromatic rings. The molecule has 3 aromatic carbocycles. The van der Waals surface area contributed by atoms with Crippen molar-refractivity contribution in [3.8, 4) is 0 Å². The maximum absolute atomic E-state index is 13.2. The molecule has 0 unspecified atom stereocenters. The zero-order valence-corrected chi connectivity index (χ0v) is 24.0.